The largest absolute Gasteiger partial charge is 0.351 e. The fourth-order valence-corrected chi connectivity index (χ4v) is 1.76. The molecule has 0 atom stereocenters. The maximum atomic E-state index is 11.2. The quantitative estimate of drug-likeness (QED) is 0.554. The van der Waals surface area contributed by atoms with Crippen LogP contribution in [-0.4, -0.2) is 49.6 Å². The predicted molar refractivity (Wildman–Crippen MR) is 56.2 cm³/mol. The van der Waals surface area contributed by atoms with Crippen LogP contribution in [0.5, 0.6) is 0 Å². The van der Waals surface area contributed by atoms with Crippen molar-refractivity contribution in [1.82, 2.24) is 15.5 Å². The van der Waals surface area contributed by atoms with Gasteiger partial charge in [-0.25, -0.2) is 4.79 Å². The first-order valence-electron chi connectivity index (χ1n) is 5.10. The molecule has 0 aliphatic carbocycles. The molecule has 0 unspecified atom stereocenters. The van der Waals surface area contributed by atoms with Crippen LogP contribution in [0.15, 0.2) is 0 Å². The van der Waals surface area contributed by atoms with Crippen molar-refractivity contribution < 1.29 is 9.59 Å². The van der Waals surface area contributed by atoms with E-state index in [0.717, 1.165) is 25.9 Å². The molecule has 0 radical (unpaired) electrons. The summed E-state index contributed by atoms with van der Waals surface area (Å²) in [4.78, 5) is 23.6. The molecule has 0 saturated carbocycles. The third-order valence-corrected chi connectivity index (χ3v) is 2.63. The van der Waals surface area contributed by atoms with E-state index in [1.165, 1.54) is 0 Å². The minimum atomic E-state index is -0.787. The monoisotopic (exact) mass is 214 g/mol. The number of likely N-dealkylation sites (tertiary alicyclic amines) is 1. The minimum Gasteiger partial charge on any atom is -0.351 e. The SMILES string of the molecule is CNC1CCN(CC(=O)NC(N)=O)CC1. The Bertz CT molecular complexity index is 236. The van der Waals surface area contributed by atoms with Gasteiger partial charge >= 0.3 is 6.03 Å². The van der Waals surface area contributed by atoms with Crippen LogP contribution < -0.4 is 16.4 Å². The summed E-state index contributed by atoms with van der Waals surface area (Å²) < 4.78 is 0. The molecule has 1 saturated heterocycles. The third-order valence-electron chi connectivity index (χ3n) is 2.63. The van der Waals surface area contributed by atoms with Gasteiger partial charge in [0.1, 0.15) is 0 Å². The van der Waals surface area contributed by atoms with Gasteiger partial charge in [-0.3, -0.25) is 15.0 Å². The van der Waals surface area contributed by atoms with Crippen LogP contribution in [0.25, 0.3) is 0 Å². The lowest BCUT2D eigenvalue weighted by molar-refractivity contribution is -0.121. The molecule has 0 bridgehead atoms. The highest BCUT2D eigenvalue weighted by Gasteiger charge is 2.19. The molecule has 4 N–H and O–H groups in total. The molecule has 1 rings (SSSR count). The Morgan fingerprint density at radius 2 is 2.00 bits per heavy atom. The number of carbonyl (C=O) groups excluding carboxylic acids is 2. The molecule has 0 spiro atoms. The van der Waals surface area contributed by atoms with Gasteiger partial charge in [0.2, 0.25) is 5.91 Å². The molecule has 0 aromatic rings. The first-order chi connectivity index (χ1) is 7.11. The maximum absolute atomic E-state index is 11.2. The summed E-state index contributed by atoms with van der Waals surface area (Å²) in [5.74, 6) is -0.328. The molecule has 1 aliphatic heterocycles. The first-order valence-corrected chi connectivity index (χ1v) is 5.10. The zero-order valence-electron chi connectivity index (χ0n) is 8.95. The second-order valence-corrected chi connectivity index (χ2v) is 3.75. The number of rotatable bonds is 3. The van der Waals surface area contributed by atoms with E-state index in [4.69, 9.17) is 5.73 Å². The minimum absolute atomic E-state index is 0.249. The smallest absolute Gasteiger partial charge is 0.318 e. The van der Waals surface area contributed by atoms with E-state index in [0.29, 0.717) is 6.04 Å². The zero-order valence-corrected chi connectivity index (χ0v) is 8.95. The first kappa shape index (κ1) is 11.9. The van der Waals surface area contributed by atoms with Crippen molar-refractivity contribution in [3.8, 4) is 0 Å². The zero-order chi connectivity index (χ0) is 11.3. The highest BCUT2D eigenvalue weighted by atomic mass is 16.2. The predicted octanol–water partition coefficient (Wildman–Crippen LogP) is -1.13. The standard InChI is InChI=1S/C9H18N4O2/c1-11-7-2-4-13(5-3-7)6-8(14)12-9(10)15/h7,11H,2-6H2,1H3,(H3,10,12,14,15). The third kappa shape index (κ3) is 4.26. The molecular weight excluding hydrogens is 196 g/mol. The Morgan fingerprint density at radius 3 is 2.47 bits per heavy atom. The Morgan fingerprint density at radius 1 is 1.40 bits per heavy atom. The average Bonchev–Trinajstić information content (AvgIpc) is 2.17. The van der Waals surface area contributed by atoms with Gasteiger partial charge in [0, 0.05) is 19.1 Å². The van der Waals surface area contributed by atoms with Crippen molar-refractivity contribution in [2.75, 3.05) is 26.7 Å². The number of carbonyl (C=O) groups is 2. The van der Waals surface area contributed by atoms with Crippen molar-refractivity contribution in [2.45, 2.75) is 18.9 Å². The van der Waals surface area contributed by atoms with E-state index >= 15 is 0 Å². The Labute approximate surface area is 89.2 Å². The second kappa shape index (κ2) is 5.67. The van der Waals surface area contributed by atoms with Gasteiger partial charge in [-0.2, -0.15) is 0 Å². The number of hydrogen-bond donors (Lipinski definition) is 3. The van der Waals surface area contributed by atoms with Gasteiger partial charge in [0.15, 0.2) is 0 Å². The number of imide groups is 1. The lowest BCUT2D eigenvalue weighted by atomic mass is 10.1. The summed E-state index contributed by atoms with van der Waals surface area (Å²) >= 11 is 0. The average molecular weight is 214 g/mol. The lowest BCUT2D eigenvalue weighted by Gasteiger charge is -2.30. The molecular formula is C9H18N4O2. The van der Waals surface area contributed by atoms with Crippen LogP contribution in [0.1, 0.15) is 12.8 Å². The fraction of sp³-hybridized carbons (Fsp3) is 0.778. The summed E-state index contributed by atoms with van der Waals surface area (Å²) in [6, 6.07) is -0.245. The molecule has 86 valence electrons. The van der Waals surface area contributed by atoms with Gasteiger partial charge in [0.05, 0.1) is 6.54 Å². The number of urea groups is 1. The van der Waals surface area contributed by atoms with Crippen molar-refractivity contribution >= 4 is 11.9 Å². The Hall–Kier alpha value is -1.14. The molecule has 1 aliphatic rings. The van der Waals surface area contributed by atoms with E-state index in [-0.39, 0.29) is 12.5 Å². The summed E-state index contributed by atoms with van der Waals surface area (Å²) in [7, 11) is 1.94. The van der Waals surface area contributed by atoms with Gasteiger partial charge in [-0.15, -0.1) is 0 Å². The molecule has 0 aromatic heterocycles. The fourth-order valence-electron chi connectivity index (χ4n) is 1.76. The molecule has 6 heteroatoms. The van der Waals surface area contributed by atoms with Crippen LogP contribution in [0.3, 0.4) is 0 Å². The Kier molecular flexibility index (Phi) is 4.51. The van der Waals surface area contributed by atoms with Crippen LogP contribution in [0.2, 0.25) is 0 Å². The number of amides is 3. The van der Waals surface area contributed by atoms with E-state index in [9.17, 15) is 9.59 Å². The Balaban J connectivity index is 2.23. The molecule has 1 fully saturated rings. The number of primary amides is 1. The topological polar surface area (TPSA) is 87.5 Å². The molecule has 15 heavy (non-hydrogen) atoms. The summed E-state index contributed by atoms with van der Waals surface area (Å²) in [5.41, 5.74) is 4.84. The maximum Gasteiger partial charge on any atom is 0.318 e. The molecule has 1 heterocycles. The number of hydrogen-bond acceptors (Lipinski definition) is 4. The molecule has 0 aromatic carbocycles. The molecule has 6 nitrogen and oxygen atoms in total. The van der Waals surface area contributed by atoms with Crippen LogP contribution in [0.4, 0.5) is 4.79 Å². The summed E-state index contributed by atoms with van der Waals surface area (Å²) in [6.07, 6.45) is 2.06. The van der Waals surface area contributed by atoms with Crippen LogP contribution in [-0.2, 0) is 4.79 Å². The van der Waals surface area contributed by atoms with E-state index < -0.39 is 6.03 Å². The van der Waals surface area contributed by atoms with Gasteiger partial charge in [-0.1, -0.05) is 0 Å². The lowest BCUT2D eigenvalue weighted by Crippen LogP contribution is -2.47. The second-order valence-electron chi connectivity index (χ2n) is 3.75. The number of piperidine rings is 1. The normalized spacial score (nSPS) is 18.7. The summed E-state index contributed by atoms with van der Waals surface area (Å²) in [6.45, 7) is 1.99. The van der Waals surface area contributed by atoms with Crippen molar-refractivity contribution in [3.63, 3.8) is 0 Å². The number of nitrogens with zero attached hydrogens (tertiary/aromatic N) is 1. The van der Waals surface area contributed by atoms with Crippen molar-refractivity contribution in [1.29, 1.82) is 0 Å². The number of nitrogens with two attached hydrogens (primary N) is 1. The van der Waals surface area contributed by atoms with Crippen molar-refractivity contribution in [2.24, 2.45) is 5.73 Å². The van der Waals surface area contributed by atoms with Crippen LogP contribution >= 0.6 is 0 Å². The van der Waals surface area contributed by atoms with Gasteiger partial charge < -0.3 is 11.1 Å². The van der Waals surface area contributed by atoms with Gasteiger partial charge in [0.25, 0.3) is 0 Å². The van der Waals surface area contributed by atoms with Gasteiger partial charge in [-0.05, 0) is 19.9 Å². The van der Waals surface area contributed by atoms with Crippen LogP contribution in [0, 0.1) is 0 Å². The summed E-state index contributed by atoms with van der Waals surface area (Å²) in [5, 5.41) is 5.27. The highest BCUT2D eigenvalue weighted by Crippen LogP contribution is 2.08. The van der Waals surface area contributed by atoms with E-state index in [2.05, 4.69) is 10.6 Å². The molecule has 3 amide bonds. The van der Waals surface area contributed by atoms with Crippen molar-refractivity contribution in [3.05, 3.63) is 0 Å². The highest BCUT2D eigenvalue weighted by molar-refractivity contribution is 5.94. The number of nitrogens with one attached hydrogen (secondary N) is 2. The van der Waals surface area contributed by atoms with E-state index in [1.54, 1.807) is 0 Å². The van der Waals surface area contributed by atoms with E-state index in [1.807, 2.05) is 11.9 Å².